The van der Waals surface area contributed by atoms with Gasteiger partial charge in [-0.1, -0.05) is 31.4 Å². The summed E-state index contributed by atoms with van der Waals surface area (Å²) in [7, 11) is 0. The van der Waals surface area contributed by atoms with E-state index >= 15 is 0 Å². The predicted molar refractivity (Wildman–Crippen MR) is 79.1 cm³/mol. The molecule has 1 aromatic carbocycles. The number of halogens is 1. The lowest BCUT2D eigenvalue weighted by atomic mass is 10.1. The van der Waals surface area contributed by atoms with E-state index in [2.05, 4.69) is 6.26 Å². The molecule has 0 atom stereocenters. The van der Waals surface area contributed by atoms with Crippen molar-refractivity contribution in [1.29, 1.82) is 0 Å². The highest BCUT2D eigenvalue weighted by Gasteiger charge is 1.95. The number of hydrogen-bond acceptors (Lipinski definition) is 1. The molecular weight excluding hydrogens is 308 g/mol. The number of thiol groups is 1. The van der Waals surface area contributed by atoms with E-state index in [0.717, 1.165) is 6.42 Å². The molecule has 0 aliphatic heterocycles. The summed E-state index contributed by atoms with van der Waals surface area (Å²) in [6, 6.07) is 7.60. The van der Waals surface area contributed by atoms with Crippen molar-refractivity contribution in [1.82, 2.24) is 0 Å². The zero-order chi connectivity index (χ0) is 12.3. The lowest BCUT2D eigenvalue weighted by Gasteiger charge is -2.02. The summed E-state index contributed by atoms with van der Waals surface area (Å²) in [4.78, 5) is 0. The van der Waals surface area contributed by atoms with Crippen LogP contribution in [0.2, 0.25) is 0 Å². The highest BCUT2D eigenvalue weighted by atomic mass is 79.9. The van der Waals surface area contributed by atoms with Gasteiger partial charge in [-0.2, -0.15) is 0 Å². The summed E-state index contributed by atoms with van der Waals surface area (Å²) in [6.07, 6.45) is 11.6. The van der Waals surface area contributed by atoms with Crippen LogP contribution in [0.15, 0.2) is 24.3 Å². The van der Waals surface area contributed by atoms with E-state index in [4.69, 9.17) is 5.11 Å². The maximum atomic E-state index is 9.17. The number of hydrogen-bond donors (Lipinski definition) is 1. The van der Waals surface area contributed by atoms with Crippen LogP contribution in [0.3, 0.4) is 0 Å². The molecule has 1 nitrogen and oxygen atoms in total. The first-order valence-corrected chi connectivity index (χ1v) is 8.19. The average Bonchev–Trinajstić information content (AvgIpc) is 2.35. The highest BCUT2D eigenvalue weighted by Crippen LogP contribution is 2.13. The maximum Gasteiger partial charge on any atom is 0.115 e. The van der Waals surface area contributed by atoms with Gasteiger partial charge in [-0.15, -0.1) is 0 Å². The zero-order valence-corrected chi connectivity index (χ0v) is 13.7. The van der Waals surface area contributed by atoms with Crippen LogP contribution in [0.25, 0.3) is 0 Å². The molecule has 0 unspecified atom stereocenters. The molecule has 0 saturated heterocycles. The lowest BCUT2D eigenvalue weighted by molar-refractivity contribution is -0.00000464. The van der Waals surface area contributed by atoms with E-state index < -0.39 is 0 Å². The summed E-state index contributed by atoms with van der Waals surface area (Å²) in [5, 5.41) is 9.17. The van der Waals surface area contributed by atoms with Crippen LogP contribution in [-0.4, -0.2) is 17.1 Å². The molecule has 1 aromatic rings. The van der Waals surface area contributed by atoms with Gasteiger partial charge in [0, 0.05) is 0 Å². The largest absolute Gasteiger partial charge is 1.00 e. The molecule has 0 heterocycles. The highest BCUT2D eigenvalue weighted by molar-refractivity contribution is 7.77. The Balaban J connectivity index is 0.00000289. The fraction of sp³-hybridized carbons (Fsp3) is 0.600. The molecule has 0 amide bonds. The van der Waals surface area contributed by atoms with Crippen LogP contribution >= 0.6 is 0 Å². The normalized spacial score (nSPS) is 10.1. The van der Waals surface area contributed by atoms with Gasteiger partial charge >= 0.3 is 0 Å². The molecule has 0 fully saturated rings. The molecule has 0 bridgehead atoms. The Morgan fingerprint density at radius 1 is 0.889 bits per heavy atom. The van der Waals surface area contributed by atoms with Crippen molar-refractivity contribution in [2.24, 2.45) is 0 Å². The minimum atomic E-state index is 0. The molecule has 3 heteroatoms. The number of rotatable bonds is 9. The number of phenolic OH excluding ortho intramolecular Hbond substituents is 1. The summed E-state index contributed by atoms with van der Waals surface area (Å²) in [6.45, 7) is 0. The van der Waals surface area contributed by atoms with Gasteiger partial charge in [-0.3, -0.25) is 0 Å². The second kappa shape index (κ2) is 11.9. The molecule has 0 spiro atoms. The maximum absolute atomic E-state index is 9.17. The van der Waals surface area contributed by atoms with Gasteiger partial charge in [0.15, 0.2) is 0 Å². The zero-order valence-electron chi connectivity index (χ0n) is 11.2. The van der Waals surface area contributed by atoms with Gasteiger partial charge in [0.05, 0.1) is 6.26 Å². The average molecular weight is 333 g/mol. The topological polar surface area (TPSA) is 20.2 Å². The van der Waals surface area contributed by atoms with Gasteiger partial charge in [0.25, 0.3) is 0 Å². The first-order chi connectivity index (χ1) is 8.33. The second-order valence-electron chi connectivity index (χ2n) is 4.58. The summed E-state index contributed by atoms with van der Waals surface area (Å²) < 4.78 is 0. The van der Waals surface area contributed by atoms with Crippen molar-refractivity contribution in [3.05, 3.63) is 29.8 Å². The monoisotopic (exact) mass is 332 g/mol. The minimum Gasteiger partial charge on any atom is -1.00 e. The third-order valence-electron chi connectivity index (χ3n) is 3.03. The van der Waals surface area contributed by atoms with Crippen molar-refractivity contribution in [3.63, 3.8) is 0 Å². The Morgan fingerprint density at radius 3 is 2.06 bits per heavy atom. The fourth-order valence-corrected chi connectivity index (χ4v) is 2.51. The Labute approximate surface area is 126 Å². The summed E-state index contributed by atoms with van der Waals surface area (Å²) in [5.74, 6) is 1.73. The molecule has 1 N–H and O–H groups in total. The summed E-state index contributed by atoms with van der Waals surface area (Å²) in [5.41, 5.74) is 1.34. The number of aryl methyl sites for hydroxylation is 1. The van der Waals surface area contributed by atoms with Crippen LogP contribution in [0.5, 0.6) is 5.75 Å². The number of unbranched alkanes of at least 4 members (excludes halogenated alkanes) is 5. The summed E-state index contributed by atoms with van der Waals surface area (Å²) >= 11 is 1.54. The molecule has 104 valence electrons. The minimum absolute atomic E-state index is 0. The van der Waals surface area contributed by atoms with Crippen LogP contribution in [0.4, 0.5) is 0 Å². The van der Waals surface area contributed by atoms with E-state index in [9.17, 15) is 0 Å². The molecule has 0 saturated carbocycles. The third kappa shape index (κ3) is 8.87. The molecular formula is C15H25BrOS. The number of phenols is 1. The predicted octanol–water partition coefficient (Wildman–Crippen LogP) is 0.724. The fourth-order valence-electron chi connectivity index (χ4n) is 1.97. The van der Waals surface area contributed by atoms with Crippen molar-refractivity contribution >= 4 is 11.8 Å². The standard InChI is InChI=1S/C15H24OS.BrH/c1-17-13-7-5-3-2-4-6-8-14-9-11-15(16)12-10-14;/h9-12,16H,2-8,13H2,1H3;1H. The van der Waals surface area contributed by atoms with Crippen molar-refractivity contribution < 1.29 is 22.1 Å². The Morgan fingerprint density at radius 2 is 1.44 bits per heavy atom. The molecule has 0 aromatic heterocycles. The van der Waals surface area contributed by atoms with Crippen LogP contribution in [0.1, 0.15) is 44.1 Å². The molecule has 0 aliphatic carbocycles. The van der Waals surface area contributed by atoms with Crippen molar-refractivity contribution in [2.75, 3.05) is 12.0 Å². The van der Waals surface area contributed by atoms with E-state index in [1.807, 2.05) is 12.1 Å². The van der Waals surface area contributed by atoms with Gasteiger partial charge in [0.1, 0.15) is 11.5 Å². The number of aromatic hydroxyl groups is 1. The van der Waals surface area contributed by atoms with E-state index in [0.29, 0.717) is 5.75 Å². The van der Waals surface area contributed by atoms with Crippen molar-refractivity contribution in [2.45, 2.75) is 44.9 Å². The van der Waals surface area contributed by atoms with E-state index in [1.165, 1.54) is 61.6 Å². The third-order valence-corrected chi connectivity index (χ3v) is 3.80. The van der Waals surface area contributed by atoms with Crippen molar-refractivity contribution in [3.8, 4) is 5.75 Å². The Bertz CT molecular complexity index is 287. The van der Waals surface area contributed by atoms with Crippen LogP contribution < -0.4 is 17.0 Å². The van der Waals surface area contributed by atoms with Gasteiger partial charge < -0.3 is 22.1 Å². The first-order valence-electron chi connectivity index (χ1n) is 6.66. The smallest absolute Gasteiger partial charge is 0.115 e. The number of benzene rings is 1. The first kappa shape index (κ1) is 17.8. The SMILES string of the molecule is C[SH+]CCCCCCCCc1ccc(O)cc1.[Br-]. The molecule has 1 rings (SSSR count). The van der Waals surface area contributed by atoms with Gasteiger partial charge in [-0.05, 0) is 55.1 Å². The van der Waals surface area contributed by atoms with Gasteiger partial charge in [-0.25, -0.2) is 0 Å². The molecule has 0 radical (unpaired) electrons. The molecule has 0 aliphatic rings. The second-order valence-corrected chi connectivity index (χ2v) is 5.66. The Hall–Kier alpha value is -0.150. The van der Waals surface area contributed by atoms with E-state index in [-0.39, 0.29) is 17.0 Å². The van der Waals surface area contributed by atoms with Crippen LogP contribution in [-0.2, 0) is 18.2 Å². The lowest BCUT2D eigenvalue weighted by Crippen LogP contribution is -3.00. The van der Waals surface area contributed by atoms with Crippen LogP contribution in [0, 0.1) is 0 Å². The quantitative estimate of drug-likeness (QED) is 0.401. The Kier molecular flexibility index (Phi) is 11.8. The molecule has 18 heavy (non-hydrogen) atoms. The van der Waals surface area contributed by atoms with E-state index in [1.54, 1.807) is 12.1 Å². The van der Waals surface area contributed by atoms with Gasteiger partial charge in [0.2, 0.25) is 0 Å².